The minimum atomic E-state index is -0.154. The molecule has 2 heterocycles. The molecule has 0 radical (unpaired) electrons. The molecule has 0 atom stereocenters. The highest BCUT2D eigenvalue weighted by atomic mass is 79.9. The van der Waals surface area contributed by atoms with E-state index in [9.17, 15) is 4.79 Å². The molecule has 0 amide bonds. The number of nitrogens with zero attached hydrogens (tertiary/aromatic N) is 4. The average molecular weight is 303 g/mol. The summed E-state index contributed by atoms with van der Waals surface area (Å²) in [5, 5.41) is 7.23. The summed E-state index contributed by atoms with van der Waals surface area (Å²) in [4.78, 5) is 20.6. The summed E-state index contributed by atoms with van der Waals surface area (Å²) < 4.78 is 5.35. The summed E-state index contributed by atoms with van der Waals surface area (Å²) in [6.07, 6.45) is 0. The van der Waals surface area contributed by atoms with Crippen LogP contribution in [0.5, 0.6) is 0 Å². The summed E-state index contributed by atoms with van der Waals surface area (Å²) in [5.74, 6) is -0.154. The maximum atomic E-state index is 12.2. The first kappa shape index (κ1) is 9.84. The molecule has 86 valence electrons. The Morgan fingerprint density at radius 2 is 1.78 bits per heavy atom. The maximum Gasteiger partial charge on any atom is 0.244 e. The number of carbonyl (C=O) groups excluding carboxylic acids is 1. The Balaban J connectivity index is 2.17. The van der Waals surface area contributed by atoms with Crippen molar-refractivity contribution in [2.45, 2.75) is 0 Å². The molecule has 0 N–H and O–H groups in total. The molecule has 2 aromatic heterocycles. The number of carbonyl (C=O) groups is 1. The molecule has 0 unspecified atom stereocenters. The van der Waals surface area contributed by atoms with E-state index in [-0.39, 0.29) is 11.4 Å². The molecule has 6 nitrogen and oxygen atoms in total. The quantitative estimate of drug-likeness (QED) is 0.494. The van der Waals surface area contributed by atoms with E-state index in [4.69, 9.17) is 0 Å². The fourth-order valence-electron chi connectivity index (χ4n) is 2.05. The van der Waals surface area contributed by atoms with Crippen molar-refractivity contribution in [1.29, 1.82) is 0 Å². The summed E-state index contributed by atoms with van der Waals surface area (Å²) in [6.45, 7) is 0. The fraction of sp³-hybridized carbons (Fsp3) is 0. The molecule has 0 spiro atoms. The van der Waals surface area contributed by atoms with Gasteiger partial charge in [0.1, 0.15) is 11.4 Å². The van der Waals surface area contributed by atoms with E-state index in [1.54, 1.807) is 12.1 Å². The van der Waals surface area contributed by atoms with Crippen LogP contribution >= 0.6 is 15.9 Å². The Kier molecular flexibility index (Phi) is 1.75. The van der Waals surface area contributed by atoms with Crippen molar-refractivity contribution in [2.24, 2.45) is 0 Å². The molecule has 0 bridgehead atoms. The second-order valence-corrected chi connectivity index (χ2v) is 4.68. The van der Waals surface area contributed by atoms with Crippen LogP contribution in [0.15, 0.2) is 27.3 Å². The van der Waals surface area contributed by atoms with Crippen molar-refractivity contribution in [3.8, 4) is 11.3 Å². The molecule has 3 aromatic rings. The van der Waals surface area contributed by atoms with Gasteiger partial charge in [-0.05, 0) is 16.4 Å². The number of ketones is 1. The van der Waals surface area contributed by atoms with E-state index in [2.05, 4.69) is 40.8 Å². The van der Waals surface area contributed by atoms with Crippen molar-refractivity contribution in [2.75, 3.05) is 0 Å². The molecule has 0 fully saturated rings. The normalized spacial score (nSPS) is 12.8. The number of aromatic nitrogens is 4. The molecular weight excluding hydrogens is 300 g/mol. The van der Waals surface area contributed by atoms with Gasteiger partial charge in [0.25, 0.3) is 0 Å². The Labute approximate surface area is 108 Å². The zero-order valence-corrected chi connectivity index (χ0v) is 10.3. The van der Waals surface area contributed by atoms with Crippen molar-refractivity contribution < 1.29 is 9.42 Å². The van der Waals surface area contributed by atoms with Gasteiger partial charge in [0.2, 0.25) is 17.1 Å². The van der Waals surface area contributed by atoms with Crippen LogP contribution < -0.4 is 0 Å². The van der Waals surface area contributed by atoms with Gasteiger partial charge in [-0.15, -0.1) is 0 Å². The number of hydrogen-bond acceptors (Lipinski definition) is 6. The van der Waals surface area contributed by atoms with E-state index >= 15 is 0 Å². The Hall–Kier alpha value is -2.15. The third-order valence-electron chi connectivity index (χ3n) is 2.82. The van der Waals surface area contributed by atoms with Gasteiger partial charge in [-0.3, -0.25) is 4.79 Å². The lowest BCUT2D eigenvalue weighted by atomic mass is 10.1. The van der Waals surface area contributed by atoms with Gasteiger partial charge in [0, 0.05) is 15.6 Å². The number of hydrogen-bond donors (Lipinski definition) is 0. The number of halogens is 1. The zero-order chi connectivity index (χ0) is 12.3. The van der Waals surface area contributed by atoms with Crippen molar-refractivity contribution >= 4 is 33.0 Å². The first-order valence-corrected chi connectivity index (χ1v) is 5.89. The van der Waals surface area contributed by atoms with Crippen LogP contribution in [0.25, 0.3) is 22.6 Å². The topological polar surface area (TPSA) is 81.8 Å². The van der Waals surface area contributed by atoms with Gasteiger partial charge in [0.15, 0.2) is 0 Å². The number of rotatable bonds is 0. The van der Waals surface area contributed by atoms with Crippen molar-refractivity contribution in [1.82, 2.24) is 20.3 Å². The highest BCUT2D eigenvalue weighted by Gasteiger charge is 2.32. The Morgan fingerprint density at radius 3 is 2.56 bits per heavy atom. The van der Waals surface area contributed by atoms with E-state index in [0.717, 1.165) is 10.0 Å². The lowest BCUT2D eigenvalue weighted by molar-refractivity contribution is 0.103. The molecule has 7 heteroatoms. The van der Waals surface area contributed by atoms with Crippen LogP contribution in [0, 0.1) is 0 Å². The summed E-state index contributed by atoms with van der Waals surface area (Å²) in [5.41, 5.74) is 2.68. The molecular formula is C11H3BrN4O2. The number of benzene rings is 1. The highest BCUT2D eigenvalue weighted by Crippen LogP contribution is 2.39. The van der Waals surface area contributed by atoms with Gasteiger partial charge in [-0.1, -0.05) is 28.1 Å². The SMILES string of the molecule is O=C1c2cccc(Br)c2-c2nc3nonc3nc21. The second-order valence-electron chi connectivity index (χ2n) is 3.82. The summed E-state index contributed by atoms with van der Waals surface area (Å²) in [6, 6.07) is 5.41. The van der Waals surface area contributed by atoms with Crippen molar-refractivity contribution in [3.05, 3.63) is 33.9 Å². The van der Waals surface area contributed by atoms with Crippen LogP contribution in [0.3, 0.4) is 0 Å². The van der Waals surface area contributed by atoms with E-state index < -0.39 is 0 Å². The minimum Gasteiger partial charge on any atom is -0.287 e. The lowest BCUT2D eigenvalue weighted by Gasteiger charge is -2.00. The van der Waals surface area contributed by atoms with Crippen LogP contribution in [-0.4, -0.2) is 26.1 Å². The monoisotopic (exact) mass is 302 g/mol. The third kappa shape index (κ3) is 1.09. The molecule has 18 heavy (non-hydrogen) atoms. The molecule has 0 saturated heterocycles. The van der Waals surface area contributed by atoms with Crippen molar-refractivity contribution in [3.63, 3.8) is 0 Å². The highest BCUT2D eigenvalue weighted by molar-refractivity contribution is 9.10. The molecule has 0 saturated carbocycles. The minimum absolute atomic E-state index is 0.154. The Bertz CT molecular complexity index is 827. The fourth-order valence-corrected chi connectivity index (χ4v) is 2.61. The van der Waals surface area contributed by atoms with Gasteiger partial charge in [-0.25, -0.2) is 14.6 Å². The van der Waals surface area contributed by atoms with E-state index in [1.165, 1.54) is 0 Å². The molecule has 1 aromatic carbocycles. The van der Waals surface area contributed by atoms with Gasteiger partial charge >= 0.3 is 0 Å². The molecule has 4 rings (SSSR count). The molecule has 0 aliphatic heterocycles. The summed E-state index contributed by atoms with van der Waals surface area (Å²) in [7, 11) is 0. The van der Waals surface area contributed by atoms with Gasteiger partial charge in [0.05, 0.1) is 0 Å². The zero-order valence-electron chi connectivity index (χ0n) is 8.72. The largest absolute Gasteiger partial charge is 0.287 e. The standard InChI is InChI=1S/C11H3BrN4O2/c12-5-3-1-2-4-6(5)7-8(9(4)17)14-11-10(13-7)15-18-16-11/h1-3H. The Morgan fingerprint density at radius 1 is 1.06 bits per heavy atom. The van der Waals surface area contributed by atoms with Gasteiger partial charge < -0.3 is 0 Å². The molecule has 1 aliphatic rings. The smallest absolute Gasteiger partial charge is 0.244 e. The van der Waals surface area contributed by atoms with Crippen LogP contribution in [0.4, 0.5) is 0 Å². The first-order valence-electron chi connectivity index (χ1n) is 5.09. The van der Waals surface area contributed by atoms with Crippen LogP contribution in [0.1, 0.15) is 16.1 Å². The number of fused-ring (bicyclic) bond motifs is 4. The summed E-state index contributed by atoms with van der Waals surface area (Å²) >= 11 is 3.42. The third-order valence-corrected chi connectivity index (χ3v) is 3.49. The second kappa shape index (κ2) is 3.20. The maximum absolute atomic E-state index is 12.2. The predicted molar refractivity (Wildman–Crippen MR) is 64.0 cm³/mol. The van der Waals surface area contributed by atoms with Crippen LogP contribution in [-0.2, 0) is 0 Å². The molecule has 1 aliphatic carbocycles. The predicted octanol–water partition coefficient (Wildman–Crippen LogP) is 1.99. The first-order chi connectivity index (χ1) is 8.75. The lowest BCUT2D eigenvalue weighted by Crippen LogP contribution is -1.99. The van der Waals surface area contributed by atoms with Gasteiger partial charge in [-0.2, -0.15) is 0 Å². The van der Waals surface area contributed by atoms with Crippen LogP contribution in [0.2, 0.25) is 0 Å². The average Bonchev–Trinajstić information content (AvgIpc) is 2.92. The van der Waals surface area contributed by atoms with E-state index in [1.807, 2.05) is 6.07 Å². The van der Waals surface area contributed by atoms with E-state index in [0.29, 0.717) is 22.6 Å².